The van der Waals surface area contributed by atoms with E-state index in [1.54, 1.807) is 17.9 Å². The summed E-state index contributed by atoms with van der Waals surface area (Å²) >= 11 is 5.90. The van der Waals surface area contributed by atoms with E-state index < -0.39 is 12.0 Å². The molecular weight excluding hydrogens is 510 g/mol. The monoisotopic (exact) mass is 541 g/mol. The number of hydrogen-bond donors (Lipinski definition) is 2. The van der Waals surface area contributed by atoms with Crippen LogP contribution in [0.5, 0.6) is 0 Å². The fourth-order valence-corrected chi connectivity index (χ4v) is 5.07. The van der Waals surface area contributed by atoms with Crippen LogP contribution >= 0.6 is 11.6 Å². The number of piperidine rings is 1. The van der Waals surface area contributed by atoms with E-state index in [9.17, 15) is 19.5 Å². The van der Waals surface area contributed by atoms with Crippen molar-refractivity contribution in [1.82, 2.24) is 9.88 Å². The molecular formula is C28H32ClN3O6. The lowest BCUT2D eigenvalue weighted by molar-refractivity contribution is 0.0676. The number of nitrogens with one attached hydrogen (secondary N) is 1. The van der Waals surface area contributed by atoms with Crippen molar-refractivity contribution in [2.24, 2.45) is 0 Å². The lowest BCUT2D eigenvalue weighted by Gasteiger charge is -2.32. The van der Waals surface area contributed by atoms with Crippen LogP contribution in [0.1, 0.15) is 78.5 Å². The smallest absolute Gasteiger partial charge is 0.410 e. The second-order valence-electron chi connectivity index (χ2n) is 10.0. The lowest BCUT2D eigenvalue weighted by Crippen LogP contribution is -2.39. The SMILES string of the molecule is Cc1cc([C@@H](C)Nc2ccc(Cl)nc2C(=O)O)c2oc(C3CCN(C(=O)OC(C)C)CC3)c(C)c(=O)c2c1. The van der Waals surface area contributed by atoms with Gasteiger partial charge in [-0.05, 0) is 71.2 Å². The van der Waals surface area contributed by atoms with Gasteiger partial charge in [0.15, 0.2) is 11.1 Å². The van der Waals surface area contributed by atoms with Crippen LogP contribution in [0.3, 0.4) is 0 Å². The molecule has 4 rings (SSSR count). The Labute approximate surface area is 225 Å². The number of carbonyl (C=O) groups is 2. The highest BCUT2D eigenvalue weighted by molar-refractivity contribution is 6.29. The number of carboxylic acid groups (broad SMARTS) is 1. The van der Waals surface area contributed by atoms with Crippen molar-refractivity contribution in [1.29, 1.82) is 0 Å². The van der Waals surface area contributed by atoms with Gasteiger partial charge in [-0.15, -0.1) is 0 Å². The summed E-state index contributed by atoms with van der Waals surface area (Å²) in [5.41, 5.74) is 2.64. The van der Waals surface area contributed by atoms with Crippen LogP contribution in [-0.2, 0) is 4.74 Å². The van der Waals surface area contributed by atoms with Gasteiger partial charge < -0.3 is 24.5 Å². The summed E-state index contributed by atoms with van der Waals surface area (Å²) < 4.78 is 11.8. The summed E-state index contributed by atoms with van der Waals surface area (Å²) in [7, 11) is 0. The molecule has 1 saturated heterocycles. The number of aryl methyl sites for hydroxylation is 1. The Morgan fingerprint density at radius 1 is 1.18 bits per heavy atom. The number of benzene rings is 1. The molecule has 10 heteroatoms. The van der Waals surface area contributed by atoms with Crippen LogP contribution in [0.25, 0.3) is 11.0 Å². The van der Waals surface area contributed by atoms with Gasteiger partial charge in [0.2, 0.25) is 0 Å². The Kier molecular flexibility index (Phi) is 7.97. The number of pyridine rings is 1. The van der Waals surface area contributed by atoms with E-state index >= 15 is 0 Å². The summed E-state index contributed by atoms with van der Waals surface area (Å²) in [5.74, 6) is -0.605. The fourth-order valence-electron chi connectivity index (χ4n) is 4.92. The van der Waals surface area contributed by atoms with Gasteiger partial charge >= 0.3 is 12.1 Å². The van der Waals surface area contributed by atoms with E-state index in [0.717, 1.165) is 11.1 Å². The predicted molar refractivity (Wildman–Crippen MR) is 145 cm³/mol. The standard InChI is InChI=1S/C28H32ClN3O6/c1-14(2)37-28(36)32-10-8-18(9-11-32)25-16(4)24(33)20-13-15(3)12-19(26(20)38-25)17(5)30-21-6-7-22(29)31-23(21)27(34)35/h6-7,12-14,17-18,30H,8-11H2,1-5H3,(H,34,35)/t17-/m1/s1. The molecule has 1 aliphatic heterocycles. The number of likely N-dealkylation sites (tertiary alicyclic amines) is 1. The maximum absolute atomic E-state index is 13.5. The molecule has 0 spiro atoms. The summed E-state index contributed by atoms with van der Waals surface area (Å²) in [6, 6.07) is 6.41. The zero-order chi connectivity index (χ0) is 27.7. The minimum absolute atomic E-state index is 0.0216. The van der Waals surface area contributed by atoms with Crippen molar-refractivity contribution in [2.45, 2.75) is 65.5 Å². The molecule has 0 bridgehead atoms. The van der Waals surface area contributed by atoms with Gasteiger partial charge in [0.05, 0.1) is 23.2 Å². The third-order valence-corrected chi connectivity index (χ3v) is 7.00. The van der Waals surface area contributed by atoms with Crippen LogP contribution in [-0.4, -0.2) is 46.2 Å². The molecule has 1 fully saturated rings. The largest absolute Gasteiger partial charge is 0.476 e. The summed E-state index contributed by atoms with van der Waals surface area (Å²) in [6.45, 7) is 10.2. The number of fused-ring (bicyclic) bond motifs is 1. The average molecular weight is 542 g/mol. The molecule has 1 atom stereocenters. The first kappa shape index (κ1) is 27.4. The fraction of sp³-hybridized carbons (Fsp3) is 0.429. The molecule has 1 aliphatic rings. The number of carboxylic acids is 1. The normalized spacial score (nSPS) is 15.1. The van der Waals surface area contributed by atoms with Gasteiger partial charge in [0.1, 0.15) is 16.5 Å². The summed E-state index contributed by atoms with van der Waals surface area (Å²) in [5, 5.41) is 13.3. The molecule has 0 aliphatic carbocycles. The molecule has 2 aromatic heterocycles. The number of aromatic nitrogens is 1. The first-order valence-corrected chi connectivity index (χ1v) is 13.0. The van der Waals surface area contributed by atoms with Crippen molar-refractivity contribution >= 4 is 40.3 Å². The minimum Gasteiger partial charge on any atom is -0.476 e. The molecule has 0 saturated carbocycles. The van der Waals surface area contributed by atoms with Crippen molar-refractivity contribution in [2.75, 3.05) is 18.4 Å². The molecule has 0 unspecified atom stereocenters. The third-order valence-electron chi connectivity index (χ3n) is 6.79. The third kappa shape index (κ3) is 5.62. The molecule has 0 radical (unpaired) electrons. The Morgan fingerprint density at radius 3 is 2.50 bits per heavy atom. The van der Waals surface area contributed by atoms with Gasteiger partial charge in [0.25, 0.3) is 0 Å². The quantitative estimate of drug-likeness (QED) is 0.361. The number of rotatable bonds is 6. The van der Waals surface area contributed by atoms with Crippen molar-refractivity contribution in [3.63, 3.8) is 0 Å². The van der Waals surface area contributed by atoms with Crippen LogP contribution < -0.4 is 10.7 Å². The average Bonchev–Trinajstić information content (AvgIpc) is 2.86. The number of anilines is 1. The van der Waals surface area contributed by atoms with Gasteiger partial charge in [-0.3, -0.25) is 4.79 Å². The minimum atomic E-state index is -1.20. The molecule has 3 aromatic rings. The summed E-state index contributed by atoms with van der Waals surface area (Å²) in [4.78, 5) is 43.1. The van der Waals surface area contributed by atoms with E-state index in [1.807, 2.05) is 39.8 Å². The van der Waals surface area contributed by atoms with Crippen molar-refractivity contribution < 1.29 is 23.8 Å². The van der Waals surface area contributed by atoms with Gasteiger partial charge in [-0.2, -0.15) is 0 Å². The molecule has 38 heavy (non-hydrogen) atoms. The van der Waals surface area contributed by atoms with Crippen LogP contribution in [0.15, 0.2) is 33.5 Å². The zero-order valence-electron chi connectivity index (χ0n) is 22.1. The number of amides is 1. The first-order chi connectivity index (χ1) is 18.0. The lowest BCUT2D eigenvalue weighted by atomic mass is 9.90. The Bertz CT molecular complexity index is 1440. The predicted octanol–water partition coefficient (Wildman–Crippen LogP) is 6.05. The highest BCUT2D eigenvalue weighted by Crippen LogP contribution is 2.35. The Morgan fingerprint density at radius 2 is 1.87 bits per heavy atom. The topological polar surface area (TPSA) is 122 Å². The zero-order valence-corrected chi connectivity index (χ0v) is 22.9. The maximum atomic E-state index is 13.5. The molecule has 3 heterocycles. The van der Waals surface area contributed by atoms with E-state index in [1.165, 1.54) is 6.07 Å². The Balaban J connectivity index is 1.69. The first-order valence-electron chi connectivity index (χ1n) is 12.7. The van der Waals surface area contributed by atoms with Gasteiger partial charge in [0, 0.05) is 30.1 Å². The second kappa shape index (κ2) is 11.0. The van der Waals surface area contributed by atoms with Gasteiger partial charge in [-0.25, -0.2) is 14.6 Å². The van der Waals surface area contributed by atoms with E-state index in [2.05, 4.69) is 10.3 Å². The van der Waals surface area contributed by atoms with Crippen molar-refractivity contribution in [3.8, 4) is 0 Å². The molecule has 1 amide bonds. The number of hydrogen-bond acceptors (Lipinski definition) is 7. The van der Waals surface area contributed by atoms with Crippen LogP contribution in [0.4, 0.5) is 10.5 Å². The molecule has 2 N–H and O–H groups in total. The number of halogens is 1. The van der Waals surface area contributed by atoms with E-state index in [4.69, 9.17) is 20.8 Å². The van der Waals surface area contributed by atoms with E-state index in [-0.39, 0.29) is 34.4 Å². The second-order valence-corrected chi connectivity index (χ2v) is 10.4. The van der Waals surface area contributed by atoms with Crippen LogP contribution in [0, 0.1) is 13.8 Å². The molecule has 202 valence electrons. The summed E-state index contributed by atoms with van der Waals surface area (Å²) in [6.07, 6.45) is 0.783. The Hall–Kier alpha value is -3.59. The highest BCUT2D eigenvalue weighted by atomic mass is 35.5. The van der Waals surface area contributed by atoms with Crippen molar-refractivity contribution in [3.05, 3.63) is 67.8 Å². The number of nitrogens with zero attached hydrogens (tertiary/aromatic N) is 2. The highest BCUT2D eigenvalue weighted by Gasteiger charge is 2.29. The number of carbonyl (C=O) groups excluding carboxylic acids is 1. The number of aromatic carboxylic acids is 1. The number of ether oxygens (including phenoxy) is 1. The maximum Gasteiger partial charge on any atom is 0.410 e. The van der Waals surface area contributed by atoms with Gasteiger partial charge in [-0.1, -0.05) is 17.7 Å². The molecule has 9 nitrogen and oxygen atoms in total. The van der Waals surface area contributed by atoms with Crippen LogP contribution in [0.2, 0.25) is 5.15 Å². The molecule has 1 aromatic carbocycles. The van der Waals surface area contributed by atoms with E-state index in [0.29, 0.717) is 53.9 Å².